The van der Waals surface area contributed by atoms with Gasteiger partial charge in [0.05, 0.1) is 11.3 Å². The molecule has 1 amide bonds. The van der Waals surface area contributed by atoms with Crippen molar-refractivity contribution in [3.63, 3.8) is 0 Å². The molecule has 0 aliphatic carbocycles. The lowest BCUT2D eigenvalue weighted by molar-refractivity contribution is -0.120. The summed E-state index contributed by atoms with van der Waals surface area (Å²) in [5, 5.41) is 2.78. The molecule has 2 aromatic rings. The molecule has 4 heteroatoms. The van der Waals surface area contributed by atoms with Crippen molar-refractivity contribution in [3.05, 3.63) is 65.0 Å². The Hall–Kier alpha value is -1.81. The predicted octanol–water partition coefficient (Wildman–Crippen LogP) is 4.80. The van der Waals surface area contributed by atoms with Crippen LogP contribution >= 0.6 is 11.8 Å². The van der Waals surface area contributed by atoms with Crippen LogP contribution < -0.4 is 5.32 Å². The minimum Gasteiger partial charge on any atom is -0.349 e. The van der Waals surface area contributed by atoms with Gasteiger partial charge in [-0.05, 0) is 68.7 Å². The van der Waals surface area contributed by atoms with Crippen LogP contribution in [0.5, 0.6) is 0 Å². The van der Waals surface area contributed by atoms with Gasteiger partial charge in [-0.1, -0.05) is 18.2 Å². The van der Waals surface area contributed by atoms with Gasteiger partial charge in [-0.25, -0.2) is 4.39 Å². The van der Waals surface area contributed by atoms with Crippen molar-refractivity contribution in [1.29, 1.82) is 0 Å². The first-order chi connectivity index (χ1) is 10.9. The highest BCUT2D eigenvalue weighted by Gasteiger charge is 2.17. The molecule has 0 heterocycles. The molecule has 0 aliphatic rings. The second kappa shape index (κ2) is 7.64. The molecule has 0 radical (unpaired) electrons. The molecule has 0 spiro atoms. The second-order valence-corrected chi connectivity index (χ2v) is 7.20. The van der Waals surface area contributed by atoms with Crippen LogP contribution in [0.2, 0.25) is 0 Å². The maximum absolute atomic E-state index is 13.0. The van der Waals surface area contributed by atoms with Crippen molar-refractivity contribution in [2.45, 2.75) is 43.9 Å². The van der Waals surface area contributed by atoms with Crippen LogP contribution in [0.3, 0.4) is 0 Å². The van der Waals surface area contributed by atoms with Gasteiger partial charge in [0.15, 0.2) is 0 Å². The number of aryl methyl sites for hydroxylation is 2. The maximum Gasteiger partial charge on any atom is 0.233 e. The van der Waals surface area contributed by atoms with Crippen molar-refractivity contribution >= 4 is 17.7 Å². The standard InChI is InChI=1S/C19H22FNOS/c1-12-5-10-18(11-13(12)2)23-15(4)19(22)21-14(3)16-6-8-17(20)9-7-16/h5-11,14-15H,1-4H3,(H,21,22). The lowest BCUT2D eigenvalue weighted by atomic mass is 10.1. The molecule has 2 rings (SSSR count). The van der Waals surface area contributed by atoms with Crippen LogP contribution in [0.4, 0.5) is 4.39 Å². The monoisotopic (exact) mass is 331 g/mol. The van der Waals surface area contributed by atoms with E-state index in [0.717, 1.165) is 10.5 Å². The van der Waals surface area contributed by atoms with E-state index in [1.165, 1.54) is 23.3 Å². The van der Waals surface area contributed by atoms with E-state index in [4.69, 9.17) is 0 Å². The molecule has 0 aromatic heterocycles. The molecular weight excluding hydrogens is 309 g/mol. The average Bonchev–Trinajstić information content (AvgIpc) is 2.51. The number of rotatable bonds is 5. The fourth-order valence-corrected chi connectivity index (χ4v) is 3.19. The zero-order valence-corrected chi connectivity index (χ0v) is 14.7. The Bertz CT molecular complexity index is 684. The number of amides is 1. The topological polar surface area (TPSA) is 29.1 Å². The molecule has 122 valence electrons. The van der Waals surface area contributed by atoms with Crippen LogP contribution in [-0.4, -0.2) is 11.2 Å². The molecule has 2 aromatic carbocycles. The molecule has 0 saturated heterocycles. The van der Waals surface area contributed by atoms with Gasteiger partial charge in [-0.3, -0.25) is 4.79 Å². The Kier molecular flexibility index (Phi) is 5.83. The van der Waals surface area contributed by atoms with Crippen LogP contribution in [-0.2, 0) is 4.79 Å². The van der Waals surface area contributed by atoms with E-state index in [0.29, 0.717) is 0 Å². The Labute approximate surface area is 141 Å². The van der Waals surface area contributed by atoms with E-state index in [-0.39, 0.29) is 23.0 Å². The largest absolute Gasteiger partial charge is 0.349 e. The van der Waals surface area contributed by atoms with Crippen molar-refractivity contribution < 1.29 is 9.18 Å². The third-order valence-electron chi connectivity index (χ3n) is 3.89. The van der Waals surface area contributed by atoms with Crippen molar-refractivity contribution in [2.75, 3.05) is 0 Å². The molecule has 0 fully saturated rings. The Morgan fingerprint density at radius 1 is 1.04 bits per heavy atom. The summed E-state index contributed by atoms with van der Waals surface area (Å²) < 4.78 is 13.0. The molecule has 2 nitrogen and oxygen atoms in total. The number of thioether (sulfide) groups is 1. The minimum atomic E-state index is -0.272. The summed E-state index contributed by atoms with van der Waals surface area (Å²) in [5.74, 6) is -0.295. The fourth-order valence-electron chi connectivity index (χ4n) is 2.21. The number of carbonyl (C=O) groups excluding carboxylic acids is 1. The molecule has 0 saturated carbocycles. The third kappa shape index (κ3) is 4.83. The van der Waals surface area contributed by atoms with Gasteiger partial charge >= 0.3 is 0 Å². The summed E-state index contributed by atoms with van der Waals surface area (Å²) in [4.78, 5) is 13.4. The highest BCUT2D eigenvalue weighted by atomic mass is 32.2. The van der Waals surface area contributed by atoms with Gasteiger partial charge in [0.25, 0.3) is 0 Å². The first kappa shape index (κ1) is 17.5. The van der Waals surface area contributed by atoms with Gasteiger partial charge in [-0.2, -0.15) is 0 Å². The Morgan fingerprint density at radius 2 is 1.70 bits per heavy atom. The van der Waals surface area contributed by atoms with E-state index in [1.54, 1.807) is 23.9 Å². The highest BCUT2D eigenvalue weighted by molar-refractivity contribution is 8.00. The van der Waals surface area contributed by atoms with Crippen molar-refractivity contribution in [1.82, 2.24) is 5.32 Å². The predicted molar refractivity (Wildman–Crippen MR) is 94.2 cm³/mol. The summed E-state index contributed by atoms with van der Waals surface area (Å²) in [5.41, 5.74) is 3.36. The number of hydrogen-bond acceptors (Lipinski definition) is 2. The Morgan fingerprint density at radius 3 is 2.30 bits per heavy atom. The zero-order chi connectivity index (χ0) is 17.0. The average molecular weight is 331 g/mol. The second-order valence-electron chi connectivity index (χ2n) is 5.79. The number of hydrogen-bond donors (Lipinski definition) is 1. The van der Waals surface area contributed by atoms with Gasteiger partial charge in [0.1, 0.15) is 5.82 Å². The lowest BCUT2D eigenvalue weighted by Gasteiger charge is -2.18. The number of carbonyl (C=O) groups is 1. The molecule has 0 bridgehead atoms. The van der Waals surface area contributed by atoms with E-state index < -0.39 is 0 Å². The molecule has 23 heavy (non-hydrogen) atoms. The van der Waals surface area contributed by atoms with Crippen LogP contribution in [0.25, 0.3) is 0 Å². The SMILES string of the molecule is Cc1ccc(SC(C)C(=O)NC(C)c2ccc(F)cc2)cc1C. The Balaban J connectivity index is 1.96. The molecule has 0 aliphatic heterocycles. The van der Waals surface area contributed by atoms with Crippen LogP contribution in [0.15, 0.2) is 47.4 Å². The van der Waals surface area contributed by atoms with E-state index in [1.807, 2.05) is 19.9 Å². The molecular formula is C19H22FNOS. The summed E-state index contributed by atoms with van der Waals surface area (Å²) in [6, 6.07) is 12.3. The summed E-state index contributed by atoms with van der Waals surface area (Å²) in [6.45, 7) is 7.94. The normalized spacial score (nSPS) is 13.4. The molecule has 1 N–H and O–H groups in total. The van der Waals surface area contributed by atoms with Crippen molar-refractivity contribution in [3.8, 4) is 0 Å². The van der Waals surface area contributed by atoms with E-state index in [9.17, 15) is 9.18 Å². The summed E-state index contributed by atoms with van der Waals surface area (Å²) in [7, 11) is 0. The number of benzene rings is 2. The number of halogens is 1. The van der Waals surface area contributed by atoms with Gasteiger partial charge in [0, 0.05) is 4.90 Å². The van der Waals surface area contributed by atoms with E-state index >= 15 is 0 Å². The maximum atomic E-state index is 13.0. The van der Waals surface area contributed by atoms with Gasteiger partial charge in [0.2, 0.25) is 5.91 Å². The minimum absolute atomic E-state index is 0.0231. The zero-order valence-electron chi connectivity index (χ0n) is 13.9. The first-order valence-corrected chi connectivity index (χ1v) is 8.54. The lowest BCUT2D eigenvalue weighted by Crippen LogP contribution is -2.33. The molecule has 2 unspecified atom stereocenters. The summed E-state index contributed by atoms with van der Waals surface area (Å²) in [6.07, 6.45) is 0. The smallest absolute Gasteiger partial charge is 0.233 e. The van der Waals surface area contributed by atoms with Crippen LogP contribution in [0.1, 0.15) is 36.6 Å². The fraction of sp³-hybridized carbons (Fsp3) is 0.316. The summed E-state index contributed by atoms with van der Waals surface area (Å²) >= 11 is 1.54. The number of nitrogens with one attached hydrogen (secondary N) is 1. The third-order valence-corrected chi connectivity index (χ3v) is 4.98. The highest BCUT2D eigenvalue weighted by Crippen LogP contribution is 2.26. The van der Waals surface area contributed by atoms with Crippen LogP contribution in [0, 0.1) is 19.7 Å². The van der Waals surface area contributed by atoms with Crippen molar-refractivity contribution in [2.24, 2.45) is 0 Å². The first-order valence-electron chi connectivity index (χ1n) is 7.66. The molecule has 2 atom stereocenters. The quantitative estimate of drug-likeness (QED) is 0.797. The van der Waals surface area contributed by atoms with Gasteiger partial charge in [-0.15, -0.1) is 11.8 Å². The van der Waals surface area contributed by atoms with E-state index in [2.05, 4.69) is 31.3 Å². The van der Waals surface area contributed by atoms with Gasteiger partial charge < -0.3 is 5.32 Å².